The van der Waals surface area contributed by atoms with Crippen molar-refractivity contribution in [2.24, 2.45) is 7.05 Å². The zero-order valence-electron chi connectivity index (χ0n) is 9.31. The highest BCUT2D eigenvalue weighted by molar-refractivity contribution is 9.10. The van der Waals surface area contributed by atoms with Gasteiger partial charge in [-0.15, -0.1) is 0 Å². The predicted molar refractivity (Wildman–Crippen MR) is 67.3 cm³/mol. The summed E-state index contributed by atoms with van der Waals surface area (Å²) in [6.07, 6.45) is 1.39. The van der Waals surface area contributed by atoms with E-state index in [4.69, 9.17) is 4.42 Å². The summed E-state index contributed by atoms with van der Waals surface area (Å²) < 4.78 is 12.4. The van der Waals surface area contributed by atoms with Gasteiger partial charge in [0.2, 0.25) is 0 Å². The van der Waals surface area contributed by atoms with Crippen LogP contribution in [-0.2, 0) is 7.05 Å². The summed E-state index contributed by atoms with van der Waals surface area (Å²) in [6.45, 7) is 0. The standard InChI is InChI=1S/C11H8BrN3O3/c1-15-6-5-9(12)18-8(6)4-7(15)11(16)13-10-2-3-17-14-10/h2-5H,1H3,(H,13,14,16). The summed E-state index contributed by atoms with van der Waals surface area (Å²) in [4.78, 5) is 12.0. The van der Waals surface area contributed by atoms with Gasteiger partial charge in [0.15, 0.2) is 16.1 Å². The molecule has 0 saturated carbocycles. The van der Waals surface area contributed by atoms with E-state index >= 15 is 0 Å². The third kappa shape index (κ3) is 1.72. The van der Waals surface area contributed by atoms with Gasteiger partial charge in [-0.3, -0.25) is 4.79 Å². The lowest BCUT2D eigenvalue weighted by atomic mass is 10.4. The van der Waals surface area contributed by atoms with E-state index in [-0.39, 0.29) is 5.91 Å². The zero-order chi connectivity index (χ0) is 12.7. The van der Waals surface area contributed by atoms with E-state index in [1.165, 1.54) is 6.26 Å². The molecule has 0 unspecified atom stereocenters. The summed E-state index contributed by atoms with van der Waals surface area (Å²) in [5.74, 6) is 0.105. The molecule has 0 aromatic carbocycles. The van der Waals surface area contributed by atoms with Crippen LogP contribution >= 0.6 is 15.9 Å². The molecule has 7 heteroatoms. The molecule has 0 radical (unpaired) electrons. The lowest BCUT2D eigenvalue weighted by Crippen LogP contribution is -2.15. The molecule has 3 rings (SSSR count). The summed E-state index contributed by atoms with van der Waals surface area (Å²) in [5, 5.41) is 6.25. The van der Waals surface area contributed by atoms with Crippen LogP contribution in [0.4, 0.5) is 5.82 Å². The van der Waals surface area contributed by atoms with E-state index in [1.54, 1.807) is 23.7 Å². The van der Waals surface area contributed by atoms with Crippen LogP contribution in [-0.4, -0.2) is 15.6 Å². The third-order valence-electron chi connectivity index (χ3n) is 2.61. The number of fused-ring (bicyclic) bond motifs is 1. The second-order valence-electron chi connectivity index (χ2n) is 3.73. The Morgan fingerprint density at radius 2 is 2.33 bits per heavy atom. The lowest BCUT2D eigenvalue weighted by molar-refractivity contribution is 0.101. The Kier molecular flexibility index (Phi) is 2.48. The third-order valence-corrected chi connectivity index (χ3v) is 3.00. The summed E-state index contributed by atoms with van der Waals surface area (Å²) in [5.41, 5.74) is 1.97. The molecule has 0 aliphatic rings. The minimum absolute atomic E-state index is 0.270. The number of anilines is 1. The minimum atomic E-state index is -0.270. The molecule has 1 N–H and O–H groups in total. The number of carbonyl (C=O) groups excluding carboxylic acids is 1. The Balaban J connectivity index is 1.96. The maximum Gasteiger partial charge on any atom is 0.273 e. The molecule has 6 nitrogen and oxygen atoms in total. The van der Waals surface area contributed by atoms with Crippen molar-refractivity contribution in [3.63, 3.8) is 0 Å². The fourth-order valence-corrected chi connectivity index (χ4v) is 2.15. The van der Waals surface area contributed by atoms with Gasteiger partial charge in [-0.25, -0.2) is 0 Å². The molecule has 0 saturated heterocycles. The van der Waals surface area contributed by atoms with Crippen LogP contribution in [0.2, 0.25) is 0 Å². The average Bonchev–Trinajstić information content (AvgIpc) is 2.98. The number of aryl methyl sites for hydroxylation is 1. The van der Waals surface area contributed by atoms with Crippen molar-refractivity contribution < 1.29 is 13.7 Å². The molecule has 0 aliphatic heterocycles. The van der Waals surface area contributed by atoms with Crippen LogP contribution in [0.25, 0.3) is 11.1 Å². The van der Waals surface area contributed by atoms with Gasteiger partial charge in [0.1, 0.15) is 12.0 Å². The molecule has 3 aromatic rings. The quantitative estimate of drug-likeness (QED) is 0.790. The van der Waals surface area contributed by atoms with Crippen molar-refractivity contribution in [3.05, 3.63) is 34.8 Å². The van der Waals surface area contributed by atoms with Gasteiger partial charge in [-0.2, -0.15) is 0 Å². The van der Waals surface area contributed by atoms with Crippen molar-refractivity contribution in [2.45, 2.75) is 0 Å². The lowest BCUT2D eigenvalue weighted by Gasteiger charge is -2.02. The molecule has 92 valence electrons. The first-order valence-electron chi connectivity index (χ1n) is 5.11. The van der Waals surface area contributed by atoms with Crippen molar-refractivity contribution in [2.75, 3.05) is 5.32 Å². The largest absolute Gasteiger partial charge is 0.448 e. The number of hydrogen-bond acceptors (Lipinski definition) is 4. The molecule has 0 spiro atoms. The fourth-order valence-electron chi connectivity index (χ4n) is 1.76. The number of amides is 1. The van der Waals surface area contributed by atoms with Gasteiger partial charge in [0.25, 0.3) is 5.91 Å². The number of nitrogens with one attached hydrogen (secondary N) is 1. The van der Waals surface area contributed by atoms with Gasteiger partial charge < -0.3 is 18.8 Å². The van der Waals surface area contributed by atoms with E-state index in [0.29, 0.717) is 21.8 Å². The van der Waals surface area contributed by atoms with Crippen LogP contribution in [0.15, 0.2) is 38.1 Å². The van der Waals surface area contributed by atoms with E-state index < -0.39 is 0 Å². The Hall–Kier alpha value is -2.02. The molecule has 3 aromatic heterocycles. The first kappa shape index (κ1) is 11.1. The van der Waals surface area contributed by atoms with Gasteiger partial charge in [0.05, 0.1) is 5.52 Å². The Morgan fingerprint density at radius 3 is 3.00 bits per heavy atom. The Morgan fingerprint density at radius 1 is 1.50 bits per heavy atom. The van der Waals surface area contributed by atoms with Crippen LogP contribution in [0.1, 0.15) is 10.5 Å². The number of carbonyl (C=O) groups is 1. The first-order chi connectivity index (χ1) is 8.65. The van der Waals surface area contributed by atoms with Crippen LogP contribution in [0.3, 0.4) is 0 Å². The summed E-state index contributed by atoms with van der Waals surface area (Å²) >= 11 is 3.25. The van der Waals surface area contributed by atoms with Crippen LogP contribution in [0, 0.1) is 0 Å². The summed E-state index contributed by atoms with van der Waals surface area (Å²) in [6, 6.07) is 5.05. The SMILES string of the molecule is Cn1c(C(=O)Nc2ccon2)cc2oc(Br)cc21. The number of nitrogens with zero attached hydrogens (tertiary/aromatic N) is 2. The fraction of sp³-hybridized carbons (Fsp3) is 0.0909. The van der Waals surface area contributed by atoms with Gasteiger partial charge in [-0.1, -0.05) is 5.16 Å². The van der Waals surface area contributed by atoms with Crippen molar-refractivity contribution in [3.8, 4) is 0 Å². The number of furan rings is 1. The first-order valence-corrected chi connectivity index (χ1v) is 5.91. The molecule has 0 bridgehead atoms. The summed E-state index contributed by atoms with van der Waals surface area (Å²) in [7, 11) is 1.79. The second kappa shape index (κ2) is 4.02. The second-order valence-corrected chi connectivity index (χ2v) is 4.51. The number of rotatable bonds is 2. The zero-order valence-corrected chi connectivity index (χ0v) is 10.9. The predicted octanol–water partition coefficient (Wildman–Crippen LogP) is 2.77. The van der Waals surface area contributed by atoms with E-state index in [1.807, 2.05) is 6.07 Å². The molecule has 18 heavy (non-hydrogen) atoms. The molecule has 3 heterocycles. The minimum Gasteiger partial charge on any atom is -0.448 e. The normalized spacial score (nSPS) is 11.0. The van der Waals surface area contributed by atoms with Gasteiger partial charge in [-0.05, 0) is 15.9 Å². The van der Waals surface area contributed by atoms with Crippen molar-refractivity contribution in [1.29, 1.82) is 0 Å². The molecule has 0 aliphatic carbocycles. The van der Waals surface area contributed by atoms with Crippen molar-refractivity contribution >= 4 is 38.8 Å². The van der Waals surface area contributed by atoms with E-state index in [9.17, 15) is 4.79 Å². The highest BCUT2D eigenvalue weighted by atomic mass is 79.9. The molecule has 0 atom stereocenters. The molecular formula is C11H8BrN3O3. The monoisotopic (exact) mass is 309 g/mol. The maximum absolute atomic E-state index is 12.0. The molecule has 0 fully saturated rings. The van der Waals surface area contributed by atoms with E-state index in [0.717, 1.165) is 5.52 Å². The maximum atomic E-state index is 12.0. The highest BCUT2D eigenvalue weighted by Crippen LogP contribution is 2.26. The Bertz CT molecular complexity index is 711. The van der Waals surface area contributed by atoms with Crippen molar-refractivity contribution in [1.82, 2.24) is 9.72 Å². The van der Waals surface area contributed by atoms with Gasteiger partial charge in [0, 0.05) is 25.2 Å². The average molecular weight is 310 g/mol. The van der Waals surface area contributed by atoms with Gasteiger partial charge >= 0.3 is 0 Å². The smallest absolute Gasteiger partial charge is 0.273 e. The number of aromatic nitrogens is 2. The topological polar surface area (TPSA) is 73.2 Å². The Labute approximate surface area is 110 Å². The highest BCUT2D eigenvalue weighted by Gasteiger charge is 2.17. The van der Waals surface area contributed by atoms with E-state index in [2.05, 4.69) is 30.9 Å². The molecule has 1 amide bonds. The number of halogens is 1. The molecular weight excluding hydrogens is 302 g/mol. The number of hydrogen-bond donors (Lipinski definition) is 1. The van der Waals surface area contributed by atoms with Crippen LogP contribution < -0.4 is 5.32 Å². The van der Waals surface area contributed by atoms with Crippen LogP contribution in [0.5, 0.6) is 0 Å².